The van der Waals surface area contributed by atoms with Crippen LogP contribution in [0.2, 0.25) is 0 Å². The number of carbonyl (C=O) groups is 1. The molecule has 0 spiro atoms. The van der Waals surface area contributed by atoms with Gasteiger partial charge in [-0.05, 0) is 68.6 Å². The summed E-state index contributed by atoms with van der Waals surface area (Å²) >= 11 is 0. The second-order valence-corrected chi connectivity index (χ2v) is 9.80. The Labute approximate surface area is 212 Å². The number of benzene rings is 2. The van der Waals surface area contributed by atoms with Gasteiger partial charge in [0.25, 0.3) is 0 Å². The van der Waals surface area contributed by atoms with E-state index in [1.807, 2.05) is 47.4 Å². The van der Waals surface area contributed by atoms with Crippen molar-refractivity contribution in [3.05, 3.63) is 66.0 Å². The number of rotatable bonds is 6. The summed E-state index contributed by atoms with van der Waals surface area (Å²) in [4.78, 5) is 32.3. The monoisotopic (exact) mass is 486 g/mol. The molecule has 3 aromatic rings. The zero-order valence-corrected chi connectivity index (χ0v) is 20.8. The normalized spacial score (nSPS) is 18.5. The summed E-state index contributed by atoms with van der Waals surface area (Å²) in [6.45, 7) is 4.23. The van der Waals surface area contributed by atoms with Crippen LogP contribution < -0.4 is 5.73 Å². The third kappa shape index (κ3) is 5.49. The Morgan fingerprint density at radius 3 is 2.44 bits per heavy atom. The van der Waals surface area contributed by atoms with E-state index in [0.29, 0.717) is 5.91 Å². The third-order valence-corrected chi connectivity index (χ3v) is 7.39. The maximum Gasteiger partial charge on any atom is 0.225 e. The molecule has 2 aliphatic heterocycles. The summed E-state index contributed by atoms with van der Waals surface area (Å²) in [6.07, 6.45) is 5.27. The quantitative estimate of drug-likeness (QED) is 0.324. The van der Waals surface area contributed by atoms with Gasteiger partial charge < -0.3 is 15.5 Å². The lowest BCUT2D eigenvalue weighted by molar-refractivity contribution is -0.138. The van der Waals surface area contributed by atoms with Gasteiger partial charge in [-0.15, -0.1) is 0 Å². The highest BCUT2D eigenvalue weighted by Gasteiger charge is 2.33. The van der Waals surface area contributed by atoms with Crippen LogP contribution >= 0.6 is 0 Å². The molecule has 0 unspecified atom stereocenters. The second kappa shape index (κ2) is 11.0. The Morgan fingerprint density at radius 1 is 1.00 bits per heavy atom. The average molecular weight is 487 g/mol. The van der Waals surface area contributed by atoms with Crippen molar-refractivity contribution in [1.29, 1.82) is 0 Å². The fourth-order valence-electron chi connectivity index (χ4n) is 5.43. The number of aromatic nitrogens is 2. The molecule has 3 heterocycles. The van der Waals surface area contributed by atoms with Gasteiger partial charge in [-0.1, -0.05) is 29.4 Å². The molecule has 0 atom stereocenters. The molecule has 188 valence electrons. The lowest BCUT2D eigenvalue weighted by Crippen LogP contribution is -2.46. The number of nitrogens with two attached hydrogens (primary N) is 1. The molecule has 36 heavy (non-hydrogen) atoms. The third-order valence-electron chi connectivity index (χ3n) is 7.39. The van der Waals surface area contributed by atoms with Crippen LogP contribution in [0, 0.1) is 11.8 Å². The first-order valence-corrected chi connectivity index (χ1v) is 12.8. The largest absolute Gasteiger partial charge is 0.399 e. The number of anilines is 1. The van der Waals surface area contributed by atoms with Gasteiger partial charge in [-0.25, -0.2) is 4.98 Å². The van der Waals surface area contributed by atoms with E-state index in [-0.39, 0.29) is 11.8 Å². The summed E-state index contributed by atoms with van der Waals surface area (Å²) < 4.78 is 0. The van der Waals surface area contributed by atoms with Crippen LogP contribution in [0.5, 0.6) is 0 Å². The van der Waals surface area contributed by atoms with Crippen LogP contribution in [-0.2, 0) is 16.2 Å². The first-order valence-electron chi connectivity index (χ1n) is 12.8. The topological polar surface area (TPSA) is 96.9 Å². The van der Waals surface area contributed by atoms with Crippen molar-refractivity contribution in [3.8, 4) is 0 Å². The summed E-state index contributed by atoms with van der Waals surface area (Å²) in [5.41, 5.74) is 11.2. The van der Waals surface area contributed by atoms with Gasteiger partial charge in [0.05, 0.1) is 17.2 Å². The Hall–Kier alpha value is -3.52. The molecule has 2 aliphatic rings. The predicted octanol–water partition coefficient (Wildman–Crippen LogP) is 3.71. The Kier molecular flexibility index (Phi) is 7.41. The predicted molar refractivity (Wildman–Crippen MR) is 141 cm³/mol. The molecule has 0 bridgehead atoms. The van der Waals surface area contributed by atoms with Crippen molar-refractivity contribution in [1.82, 2.24) is 19.8 Å². The van der Waals surface area contributed by atoms with Crippen molar-refractivity contribution in [2.24, 2.45) is 17.0 Å². The molecule has 2 saturated heterocycles. The minimum Gasteiger partial charge on any atom is -0.399 e. The van der Waals surface area contributed by atoms with E-state index in [0.717, 1.165) is 86.5 Å². The van der Waals surface area contributed by atoms with Crippen LogP contribution in [0.1, 0.15) is 36.9 Å². The molecular weight excluding hydrogens is 452 g/mol. The summed E-state index contributed by atoms with van der Waals surface area (Å²) in [5, 5.41) is 4.33. The standard InChI is InChI=1S/C28H34N6O2/c1-36-32-27(26-18-30-24-7-2-3-8-25(24)31-26)21-11-15-34(16-12-21)28(35)22-9-13-33(14-10-22)19-20-5-4-6-23(29)17-20/h2-8,17-18,21-22H,9-16,19,29H2,1H3. The minimum atomic E-state index is 0.108. The number of piperidine rings is 2. The second-order valence-electron chi connectivity index (χ2n) is 9.80. The molecular formula is C28H34N6O2. The number of para-hydroxylation sites is 2. The van der Waals surface area contributed by atoms with Gasteiger partial charge >= 0.3 is 0 Å². The SMILES string of the molecule is CON=C(c1cnc2ccccc2n1)C1CCN(C(=O)C2CCN(Cc3cccc(N)c3)CC2)CC1. The van der Waals surface area contributed by atoms with Crippen molar-refractivity contribution < 1.29 is 9.63 Å². The van der Waals surface area contributed by atoms with Crippen LogP contribution in [-0.4, -0.2) is 64.7 Å². The molecule has 0 saturated carbocycles. The minimum absolute atomic E-state index is 0.108. The lowest BCUT2D eigenvalue weighted by atomic mass is 9.88. The fraction of sp³-hybridized carbons (Fsp3) is 0.429. The maximum absolute atomic E-state index is 13.3. The van der Waals surface area contributed by atoms with E-state index in [4.69, 9.17) is 15.6 Å². The highest BCUT2D eigenvalue weighted by Crippen LogP contribution is 2.27. The fourth-order valence-corrected chi connectivity index (χ4v) is 5.43. The molecule has 8 heteroatoms. The Bertz CT molecular complexity index is 1230. The lowest BCUT2D eigenvalue weighted by Gasteiger charge is -2.37. The van der Waals surface area contributed by atoms with E-state index < -0.39 is 0 Å². The molecule has 1 aromatic heterocycles. The van der Waals surface area contributed by atoms with Crippen molar-refractivity contribution in [3.63, 3.8) is 0 Å². The molecule has 5 rings (SSSR count). The first kappa shape index (κ1) is 24.2. The van der Waals surface area contributed by atoms with Crippen molar-refractivity contribution in [2.45, 2.75) is 32.2 Å². The molecule has 0 radical (unpaired) electrons. The molecule has 8 nitrogen and oxygen atoms in total. The number of carbonyl (C=O) groups excluding carboxylic acids is 1. The summed E-state index contributed by atoms with van der Waals surface area (Å²) in [7, 11) is 1.56. The molecule has 0 aliphatic carbocycles. The summed E-state index contributed by atoms with van der Waals surface area (Å²) in [6, 6.07) is 15.9. The van der Waals surface area contributed by atoms with Crippen molar-refractivity contribution in [2.75, 3.05) is 39.0 Å². The number of nitrogens with zero attached hydrogens (tertiary/aromatic N) is 5. The number of oxime groups is 1. The van der Waals surface area contributed by atoms with Gasteiger partial charge in [-0.3, -0.25) is 14.7 Å². The van der Waals surface area contributed by atoms with Gasteiger partial charge in [0, 0.05) is 37.2 Å². The summed E-state index contributed by atoms with van der Waals surface area (Å²) in [5.74, 6) is 0.592. The van der Waals surface area contributed by atoms with Crippen LogP contribution in [0.15, 0.2) is 59.9 Å². The number of fused-ring (bicyclic) bond motifs is 1. The number of nitrogen functional groups attached to an aromatic ring is 1. The number of amides is 1. The molecule has 2 N–H and O–H groups in total. The van der Waals surface area contributed by atoms with Crippen LogP contribution in [0.3, 0.4) is 0 Å². The Morgan fingerprint density at radius 2 is 1.72 bits per heavy atom. The van der Waals surface area contributed by atoms with Gasteiger partial charge in [0.1, 0.15) is 18.5 Å². The van der Waals surface area contributed by atoms with E-state index >= 15 is 0 Å². The van der Waals surface area contributed by atoms with Gasteiger partial charge in [0.15, 0.2) is 0 Å². The highest BCUT2D eigenvalue weighted by atomic mass is 16.6. The molecule has 2 aromatic carbocycles. The molecule has 2 fully saturated rings. The zero-order valence-electron chi connectivity index (χ0n) is 20.8. The number of likely N-dealkylation sites (tertiary alicyclic amines) is 2. The van der Waals surface area contributed by atoms with Crippen molar-refractivity contribution >= 4 is 28.3 Å². The van der Waals surface area contributed by atoms with E-state index in [9.17, 15) is 4.79 Å². The highest BCUT2D eigenvalue weighted by molar-refractivity contribution is 6.01. The van der Waals surface area contributed by atoms with Crippen LogP contribution in [0.4, 0.5) is 5.69 Å². The average Bonchev–Trinajstić information content (AvgIpc) is 2.92. The Balaban J connectivity index is 1.15. The van der Waals surface area contributed by atoms with Crippen LogP contribution in [0.25, 0.3) is 11.0 Å². The van der Waals surface area contributed by atoms with E-state index in [1.54, 1.807) is 13.3 Å². The maximum atomic E-state index is 13.3. The van der Waals surface area contributed by atoms with E-state index in [2.05, 4.69) is 21.1 Å². The first-order chi connectivity index (χ1) is 17.6. The van der Waals surface area contributed by atoms with E-state index in [1.165, 1.54) is 5.56 Å². The number of hydrogen-bond acceptors (Lipinski definition) is 7. The van der Waals surface area contributed by atoms with Gasteiger partial charge in [-0.2, -0.15) is 0 Å². The zero-order chi connectivity index (χ0) is 24.9. The van der Waals surface area contributed by atoms with Gasteiger partial charge in [0.2, 0.25) is 5.91 Å². The smallest absolute Gasteiger partial charge is 0.225 e. The number of hydrogen-bond donors (Lipinski definition) is 1. The molecule has 1 amide bonds.